The van der Waals surface area contributed by atoms with Gasteiger partial charge in [0.1, 0.15) is 5.54 Å². The van der Waals surface area contributed by atoms with Gasteiger partial charge in [-0.1, -0.05) is 29.8 Å². The summed E-state index contributed by atoms with van der Waals surface area (Å²) >= 11 is 6.12. The zero-order valence-electron chi connectivity index (χ0n) is 14.2. The van der Waals surface area contributed by atoms with E-state index in [4.69, 9.17) is 11.6 Å². The number of amides is 1. The van der Waals surface area contributed by atoms with Crippen LogP contribution in [0.15, 0.2) is 47.4 Å². The molecule has 0 aliphatic rings. The highest BCUT2D eigenvalue weighted by atomic mass is 35.5. The van der Waals surface area contributed by atoms with E-state index >= 15 is 0 Å². The Labute approximate surface area is 150 Å². The second kappa shape index (κ2) is 7.11. The topological polar surface area (TPSA) is 79.6 Å². The number of likely N-dealkylation sites (N-methyl/N-ethyl adjacent to an activating group) is 1. The monoisotopic (exact) mass is 362 g/mol. The highest BCUT2D eigenvalue weighted by molar-refractivity contribution is 6.31. The second-order valence-corrected chi connectivity index (χ2v) is 6.61. The van der Waals surface area contributed by atoms with Gasteiger partial charge in [0, 0.05) is 24.3 Å². The van der Waals surface area contributed by atoms with E-state index in [0.717, 1.165) is 10.5 Å². The molecule has 0 fully saturated rings. The normalized spacial score (nSPS) is 11.2. The van der Waals surface area contributed by atoms with Gasteiger partial charge in [-0.05, 0) is 31.5 Å². The maximum atomic E-state index is 12.6. The number of carbonyl (C=O) groups excluding carboxylic acids is 1. The third-order valence-electron chi connectivity index (χ3n) is 4.20. The van der Waals surface area contributed by atoms with Crippen molar-refractivity contribution in [3.63, 3.8) is 0 Å². The fourth-order valence-electron chi connectivity index (χ4n) is 2.18. The average molecular weight is 363 g/mol. The molecule has 25 heavy (non-hydrogen) atoms. The van der Waals surface area contributed by atoms with Crippen molar-refractivity contribution in [3.8, 4) is 0 Å². The third kappa shape index (κ3) is 3.91. The number of pyridine rings is 1. The van der Waals surface area contributed by atoms with Crippen LogP contribution in [0.2, 0.25) is 5.02 Å². The number of aliphatic carboxylic acids is 1. The minimum absolute atomic E-state index is 0.214. The molecule has 1 N–H and O–H groups in total. The van der Waals surface area contributed by atoms with Gasteiger partial charge in [0.25, 0.3) is 11.5 Å². The molecule has 1 aromatic heterocycles. The summed E-state index contributed by atoms with van der Waals surface area (Å²) in [6.07, 6.45) is 1.42. The molecule has 0 bridgehead atoms. The van der Waals surface area contributed by atoms with E-state index < -0.39 is 17.4 Å². The molecule has 2 aromatic rings. The maximum Gasteiger partial charge on any atom is 0.329 e. The standard InChI is InChI=1S/C18H19ClN2O4/c1-18(2,17(24)25)20(3)16(23)13-8-9-15(22)21(11-13)10-12-6-4-5-7-14(12)19/h4-9,11H,10H2,1-3H3,(H,24,25). The van der Waals surface area contributed by atoms with Crippen molar-refractivity contribution < 1.29 is 14.7 Å². The van der Waals surface area contributed by atoms with Crippen molar-refractivity contribution >= 4 is 23.5 Å². The zero-order valence-corrected chi connectivity index (χ0v) is 14.9. The van der Waals surface area contributed by atoms with Crippen molar-refractivity contribution in [1.82, 2.24) is 9.47 Å². The fraction of sp³-hybridized carbons (Fsp3) is 0.278. The Bertz CT molecular complexity index is 873. The van der Waals surface area contributed by atoms with E-state index in [1.807, 2.05) is 6.07 Å². The largest absolute Gasteiger partial charge is 0.480 e. The van der Waals surface area contributed by atoms with Crippen molar-refractivity contribution in [2.45, 2.75) is 25.9 Å². The van der Waals surface area contributed by atoms with Crippen LogP contribution in [0.3, 0.4) is 0 Å². The summed E-state index contributed by atoms with van der Waals surface area (Å²) in [5, 5.41) is 9.79. The lowest BCUT2D eigenvalue weighted by Gasteiger charge is -2.31. The van der Waals surface area contributed by atoms with Gasteiger partial charge >= 0.3 is 5.97 Å². The lowest BCUT2D eigenvalue weighted by atomic mass is 10.0. The van der Waals surface area contributed by atoms with Crippen LogP contribution in [0.5, 0.6) is 0 Å². The molecule has 0 spiro atoms. The minimum Gasteiger partial charge on any atom is -0.480 e. The zero-order chi connectivity index (χ0) is 18.8. The Hall–Kier alpha value is -2.60. The van der Waals surface area contributed by atoms with Crippen LogP contribution in [0.1, 0.15) is 29.8 Å². The minimum atomic E-state index is -1.37. The average Bonchev–Trinajstić information content (AvgIpc) is 2.57. The first-order valence-corrected chi connectivity index (χ1v) is 7.98. The van der Waals surface area contributed by atoms with Gasteiger partial charge in [-0.15, -0.1) is 0 Å². The van der Waals surface area contributed by atoms with Crippen molar-refractivity contribution in [2.75, 3.05) is 7.05 Å². The van der Waals surface area contributed by atoms with E-state index in [1.165, 1.54) is 43.8 Å². The molecule has 132 valence electrons. The summed E-state index contributed by atoms with van der Waals surface area (Å²) < 4.78 is 1.37. The Kier molecular flexibility index (Phi) is 5.33. The molecule has 0 atom stereocenters. The van der Waals surface area contributed by atoms with Crippen LogP contribution in [-0.2, 0) is 11.3 Å². The number of aromatic nitrogens is 1. The summed E-state index contributed by atoms with van der Waals surface area (Å²) in [6.45, 7) is 3.09. The second-order valence-electron chi connectivity index (χ2n) is 6.20. The van der Waals surface area contributed by atoms with Crippen LogP contribution in [0.4, 0.5) is 0 Å². The first-order valence-electron chi connectivity index (χ1n) is 7.60. The summed E-state index contributed by atoms with van der Waals surface area (Å²) in [7, 11) is 1.42. The molecular formula is C18H19ClN2O4. The van der Waals surface area contributed by atoms with Crippen LogP contribution in [0.25, 0.3) is 0 Å². The Morgan fingerprint density at radius 1 is 1.20 bits per heavy atom. The number of hydrogen-bond donors (Lipinski definition) is 1. The van der Waals surface area contributed by atoms with E-state index in [2.05, 4.69) is 0 Å². The maximum absolute atomic E-state index is 12.6. The van der Waals surface area contributed by atoms with Gasteiger partial charge in [-0.3, -0.25) is 9.59 Å². The molecule has 1 amide bonds. The van der Waals surface area contributed by atoms with E-state index in [1.54, 1.807) is 18.2 Å². The number of hydrogen-bond acceptors (Lipinski definition) is 3. The SMILES string of the molecule is CN(C(=O)c1ccc(=O)n(Cc2ccccc2Cl)c1)C(C)(C)C(=O)O. The first-order chi connectivity index (χ1) is 11.6. The van der Waals surface area contributed by atoms with Crippen LogP contribution < -0.4 is 5.56 Å². The van der Waals surface area contributed by atoms with Crippen molar-refractivity contribution in [1.29, 1.82) is 0 Å². The molecule has 7 heteroatoms. The number of carbonyl (C=O) groups is 2. The highest BCUT2D eigenvalue weighted by Gasteiger charge is 2.35. The number of carboxylic acid groups (broad SMARTS) is 1. The van der Waals surface area contributed by atoms with Gasteiger partial charge in [0.15, 0.2) is 0 Å². The van der Waals surface area contributed by atoms with Gasteiger partial charge in [-0.2, -0.15) is 0 Å². The predicted octanol–water partition coefficient (Wildman–Crippen LogP) is 2.49. The molecule has 0 aliphatic carbocycles. The lowest BCUT2D eigenvalue weighted by molar-refractivity contribution is -0.147. The van der Waals surface area contributed by atoms with Crippen molar-refractivity contribution in [2.24, 2.45) is 0 Å². The molecule has 0 radical (unpaired) electrons. The van der Waals surface area contributed by atoms with Crippen molar-refractivity contribution in [3.05, 3.63) is 69.1 Å². The van der Waals surface area contributed by atoms with E-state index in [0.29, 0.717) is 5.02 Å². The number of benzene rings is 1. The van der Waals surface area contributed by atoms with Gasteiger partial charge in [0.2, 0.25) is 0 Å². The molecule has 0 aliphatic heterocycles. The predicted molar refractivity (Wildman–Crippen MR) is 95.1 cm³/mol. The summed E-state index contributed by atoms with van der Waals surface area (Å²) in [4.78, 5) is 37.2. The van der Waals surface area contributed by atoms with Crippen LogP contribution >= 0.6 is 11.6 Å². The van der Waals surface area contributed by atoms with Gasteiger partial charge in [-0.25, -0.2) is 4.79 Å². The highest BCUT2D eigenvalue weighted by Crippen LogP contribution is 2.18. The molecule has 6 nitrogen and oxygen atoms in total. The fourth-order valence-corrected chi connectivity index (χ4v) is 2.38. The summed E-state index contributed by atoms with van der Waals surface area (Å²) in [5.41, 5.74) is -0.684. The first kappa shape index (κ1) is 18.7. The molecule has 0 unspecified atom stereocenters. The van der Waals surface area contributed by atoms with Gasteiger partial charge < -0.3 is 14.6 Å². The third-order valence-corrected chi connectivity index (χ3v) is 4.56. The lowest BCUT2D eigenvalue weighted by Crippen LogP contribution is -2.50. The van der Waals surface area contributed by atoms with E-state index in [9.17, 15) is 19.5 Å². The Morgan fingerprint density at radius 3 is 2.44 bits per heavy atom. The van der Waals surface area contributed by atoms with Crippen LogP contribution in [0, 0.1) is 0 Å². The van der Waals surface area contributed by atoms with Gasteiger partial charge in [0.05, 0.1) is 12.1 Å². The quantitative estimate of drug-likeness (QED) is 0.886. The number of carboxylic acids is 1. The number of nitrogens with zero attached hydrogens (tertiary/aromatic N) is 2. The molecule has 1 heterocycles. The Morgan fingerprint density at radius 2 is 1.84 bits per heavy atom. The smallest absolute Gasteiger partial charge is 0.329 e. The molecule has 0 saturated carbocycles. The molecule has 1 aromatic carbocycles. The summed E-state index contributed by atoms with van der Waals surface area (Å²) in [5.74, 6) is -1.60. The number of rotatable bonds is 5. The summed E-state index contributed by atoms with van der Waals surface area (Å²) in [6, 6.07) is 9.79. The number of halogens is 1. The molecule has 2 rings (SSSR count). The molecular weight excluding hydrogens is 344 g/mol. The molecule has 0 saturated heterocycles. The Balaban J connectivity index is 2.36. The van der Waals surface area contributed by atoms with E-state index in [-0.39, 0.29) is 17.7 Å². The van der Waals surface area contributed by atoms with Crippen LogP contribution in [-0.4, -0.2) is 39.0 Å².